The van der Waals surface area contributed by atoms with Crippen molar-refractivity contribution in [2.45, 2.75) is 51.2 Å². The summed E-state index contributed by atoms with van der Waals surface area (Å²) in [5, 5.41) is 12.7. The molecule has 11 nitrogen and oxygen atoms in total. The Hall–Kier alpha value is -1.70. The molecule has 1 aliphatic rings. The van der Waals surface area contributed by atoms with Crippen LogP contribution in [0.4, 0.5) is 16.4 Å². The van der Waals surface area contributed by atoms with E-state index in [1.54, 1.807) is 18.5 Å². The number of anilines is 1. The van der Waals surface area contributed by atoms with Gasteiger partial charge in [0, 0.05) is 29.5 Å². The number of ether oxygens (including phenoxy) is 1. The SMILES string of the molecule is [CH-]=Nc1nc[nH]c1[CH-]N(C)CC(=O)Nc1cc([C@@H]2CC[C@H](OC(=O)NC(C)C)C2)[nH]n1.[K+]. The number of aliphatic imine (C=N–C) groups is 1. The maximum absolute atomic E-state index is 12.3. The summed E-state index contributed by atoms with van der Waals surface area (Å²) >= 11 is 0. The molecule has 0 aromatic carbocycles. The summed E-state index contributed by atoms with van der Waals surface area (Å²) in [6, 6.07) is 1.86. The van der Waals surface area contributed by atoms with E-state index in [9.17, 15) is 9.59 Å². The molecule has 12 heteroatoms. The number of imidazole rings is 1. The molecule has 2 aromatic rings. The van der Waals surface area contributed by atoms with E-state index in [1.807, 2.05) is 19.9 Å². The number of H-pyrrole nitrogens is 2. The van der Waals surface area contributed by atoms with Crippen molar-refractivity contribution in [1.82, 2.24) is 30.4 Å². The van der Waals surface area contributed by atoms with Gasteiger partial charge in [0.1, 0.15) is 6.10 Å². The van der Waals surface area contributed by atoms with Crippen molar-refractivity contribution in [3.8, 4) is 0 Å². The third kappa shape index (κ3) is 7.71. The van der Waals surface area contributed by atoms with Gasteiger partial charge in [0.15, 0.2) is 5.82 Å². The second-order valence-electron chi connectivity index (χ2n) is 7.91. The summed E-state index contributed by atoms with van der Waals surface area (Å²) in [5.41, 5.74) is 1.53. The molecule has 32 heavy (non-hydrogen) atoms. The molecule has 2 aromatic heterocycles. The van der Waals surface area contributed by atoms with E-state index in [0.717, 1.165) is 25.0 Å². The minimum absolute atomic E-state index is 0. The predicted molar refractivity (Wildman–Crippen MR) is 115 cm³/mol. The number of aromatic nitrogens is 4. The van der Waals surface area contributed by atoms with E-state index in [2.05, 4.69) is 35.8 Å². The van der Waals surface area contributed by atoms with Crippen LogP contribution in [0.2, 0.25) is 0 Å². The number of rotatable bonds is 9. The summed E-state index contributed by atoms with van der Waals surface area (Å²) in [6.07, 6.45) is 3.36. The minimum Gasteiger partial charge on any atom is -0.446 e. The smallest absolute Gasteiger partial charge is 0.446 e. The van der Waals surface area contributed by atoms with Crippen molar-refractivity contribution >= 4 is 30.4 Å². The standard InChI is InChI=1S/C20H28N8O3.K/c1-12(2)24-20(30)31-14-6-5-13(7-14)15-8-17(27-26-15)25-18(29)10-28(4)9-16-19(21-3)23-11-22-16;/h3,8-9,11-14H,5-7,10H2,1-2,4H3,(H,22,23)(H,24,30)(H2,25,26,27,29);/q-2;+1/t13-,14+;/m1./s1. The summed E-state index contributed by atoms with van der Waals surface area (Å²) in [4.78, 5) is 36.2. The number of hydrogen-bond acceptors (Lipinski definition) is 7. The first-order valence-electron chi connectivity index (χ1n) is 10.2. The number of hydrogen-bond donors (Lipinski definition) is 4. The van der Waals surface area contributed by atoms with Crippen molar-refractivity contribution in [2.75, 3.05) is 18.9 Å². The quantitative estimate of drug-likeness (QED) is 0.216. The van der Waals surface area contributed by atoms with Crippen LogP contribution in [-0.2, 0) is 9.53 Å². The molecule has 0 aliphatic heterocycles. The molecule has 0 saturated heterocycles. The molecule has 2 atom stereocenters. The summed E-state index contributed by atoms with van der Waals surface area (Å²) in [5.74, 6) is 0.796. The minimum atomic E-state index is -0.387. The van der Waals surface area contributed by atoms with Crippen molar-refractivity contribution in [3.63, 3.8) is 0 Å². The molecule has 1 fully saturated rings. The van der Waals surface area contributed by atoms with Gasteiger partial charge in [-0.05, 0) is 40.2 Å². The molecule has 168 valence electrons. The van der Waals surface area contributed by atoms with Gasteiger partial charge < -0.3 is 35.2 Å². The largest absolute Gasteiger partial charge is 1.00 e. The Labute approximate surface area is 230 Å². The molecule has 0 radical (unpaired) electrons. The van der Waals surface area contributed by atoms with E-state index in [0.29, 0.717) is 17.3 Å². The Bertz CT molecular complexity index is 912. The molecule has 1 aliphatic carbocycles. The Balaban J connectivity index is 0.00000363. The fraction of sp³-hybridized carbons (Fsp3) is 0.500. The second kappa shape index (κ2) is 12.5. The third-order valence-corrected chi connectivity index (χ3v) is 4.88. The van der Waals surface area contributed by atoms with Gasteiger partial charge in [-0.2, -0.15) is 11.8 Å². The molecule has 0 bridgehead atoms. The molecule has 0 unspecified atom stereocenters. The molecular formula is C20H28KN8O3-. The van der Waals surface area contributed by atoms with Crippen LogP contribution in [0.15, 0.2) is 17.4 Å². The molecule has 2 amide bonds. The van der Waals surface area contributed by atoms with E-state index < -0.39 is 0 Å². The van der Waals surface area contributed by atoms with Crippen molar-refractivity contribution in [1.29, 1.82) is 0 Å². The van der Waals surface area contributed by atoms with Gasteiger partial charge in [0.2, 0.25) is 5.91 Å². The number of nitrogens with one attached hydrogen (secondary N) is 4. The molecule has 0 spiro atoms. The topological polar surface area (TPSA) is 140 Å². The molecule has 4 N–H and O–H groups in total. The van der Waals surface area contributed by atoms with Crippen LogP contribution in [0.1, 0.15) is 50.4 Å². The Morgan fingerprint density at radius 2 is 2.22 bits per heavy atom. The fourth-order valence-electron chi connectivity index (χ4n) is 3.53. The van der Waals surface area contributed by atoms with E-state index in [1.165, 1.54) is 6.33 Å². The van der Waals surface area contributed by atoms with Gasteiger partial charge in [0.05, 0.1) is 12.9 Å². The zero-order valence-electron chi connectivity index (χ0n) is 18.9. The van der Waals surface area contributed by atoms with Crippen LogP contribution in [0.3, 0.4) is 0 Å². The van der Waals surface area contributed by atoms with Crippen molar-refractivity contribution in [3.05, 3.63) is 30.3 Å². The summed E-state index contributed by atoms with van der Waals surface area (Å²) < 4.78 is 5.46. The fourth-order valence-corrected chi connectivity index (χ4v) is 3.53. The average Bonchev–Trinajstić information content (AvgIpc) is 3.41. The van der Waals surface area contributed by atoms with Crippen LogP contribution in [0.25, 0.3) is 0 Å². The Morgan fingerprint density at radius 3 is 2.94 bits per heavy atom. The number of alkyl carbamates (subject to hydrolysis) is 1. The zero-order chi connectivity index (χ0) is 22.4. The first kappa shape index (κ1) is 26.5. The van der Waals surface area contributed by atoms with Crippen molar-refractivity contribution in [2.24, 2.45) is 4.99 Å². The van der Waals surface area contributed by atoms with Crippen LogP contribution < -0.4 is 62.0 Å². The molecule has 1 saturated carbocycles. The van der Waals surface area contributed by atoms with Crippen LogP contribution in [0.5, 0.6) is 0 Å². The number of amides is 2. The Kier molecular flexibility index (Phi) is 10.4. The maximum atomic E-state index is 12.3. The molecule has 3 rings (SSSR count). The van der Waals surface area contributed by atoms with Crippen LogP contribution in [-0.4, -0.2) is 69.5 Å². The van der Waals surface area contributed by atoms with Gasteiger partial charge in [0.25, 0.3) is 0 Å². The van der Waals surface area contributed by atoms with Gasteiger partial charge in [-0.25, -0.2) is 4.79 Å². The molecule has 2 heterocycles. The van der Waals surface area contributed by atoms with E-state index in [-0.39, 0.29) is 88.0 Å². The third-order valence-electron chi connectivity index (χ3n) is 4.88. The van der Waals surface area contributed by atoms with Gasteiger partial charge in [-0.1, -0.05) is 5.69 Å². The molecular weight excluding hydrogens is 439 g/mol. The van der Waals surface area contributed by atoms with Gasteiger partial charge >= 0.3 is 57.5 Å². The maximum Gasteiger partial charge on any atom is 1.00 e. The second-order valence-corrected chi connectivity index (χ2v) is 7.91. The number of likely N-dealkylation sites (N-methyl/N-ethyl adjacent to an activating group) is 1. The number of carbonyl (C=O) groups excluding carboxylic acids is 2. The van der Waals surface area contributed by atoms with Gasteiger partial charge in [-0.15, -0.1) is 6.54 Å². The summed E-state index contributed by atoms with van der Waals surface area (Å²) in [6.45, 7) is 10.8. The first-order valence-corrected chi connectivity index (χ1v) is 10.2. The van der Waals surface area contributed by atoms with Gasteiger partial charge in [-0.3, -0.25) is 9.89 Å². The number of nitrogens with zero attached hydrogens (tertiary/aromatic N) is 4. The number of aromatic amines is 2. The zero-order valence-corrected chi connectivity index (χ0v) is 22.0. The van der Waals surface area contributed by atoms with E-state index >= 15 is 0 Å². The predicted octanol–water partition coefficient (Wildman–Crippen LogP) is -0.803. The van der Waals surface area contributed by atoms with Crippen molar-refractivity contribution < 1.29 is 65.7 Å². The normalized spacial score (nSPS) is 17.7. The monoisotopic (exact) mass is 467 g/mol. The van der Waals surface area contributed by atoms with Crippen LogP contribution >= 0.6 is 0 Å². The van der Waals surface area contributed by atoms with E-state index in [4.69, 9.17) is 11.5 Å². The van der Waals surface area contributed by atoms with Crippen LogP contribution in [0, 0.1) is 6.54 Å². The average molecular weight is 468 g/mol. The first-order chi connectivity index (χ1) is 14.8. The number of carbonyl (C=O) groups is 2. The summed E-state index contributed by atoms with van der Waals surface area (Å²) in [7, 11) is 1.75. The Morgan fingerprint density at radius 1 is 1.44 bits per heavy atom.